The van der Waals surface area contributed by atoms with Crippen molar-refractivity contribution >= 4 is 21.7 Å². The van der Waals surface area contributed by atoms with Crippen LogP contribution in [0.15, 0.2) is 22.7 Å². The van der Waals surface area contributed by atoms with E-state index in [-0.39, 0.29) is 17.3 Å². The second kappa shape index (κ2) is 5.65. The summed E-state index contributed by atoms with van der Waals surface area (Å²) < 4.78 is 39.3. The number of halogens is 4. The summed E-state index contributed by atoms with van der Waals surface area (Å²) in [5.41, 5.74) is -1.03. The average Bonchev–Trinajstić information content (AvgIpc) is 2.38. The molecule has 0 aliphatic heterocycles. The molecule has 5 heteroatoms. The number of ketones is 1. The van der Waals surface area contributed by atoms with Crippen LogP contribution in [0.25, 0.3) is 0 Å². The van der Waals surface area contributed by atoms with Gasteiger partial charge in [0.05, 0.1) is 5.56 Å². The molecule has 19 heavy (non-hydrogen) atoms. The van der Waals surface area contributed by atoms with E-state index in [2.05, 4.69) is 15.9 Å². The predicted molar refractivity (Wildman–Crippen MR) is 70.0 cm³/mol. The first-order chi connectivity index (χ1) is 8.89. The van der Waals surface area contributed by atoms with E-state index in [9.17, 15) is 18.0 Å². The van der Waals surface area contributed by atoms with Crippen LogP contribution in [0.3, 0.4) is 0 Å². The number of hydrogen-bond acceptors (Lipinski definition) is 1. The van der Waals surface area contributed by atoms with Gasteiger partial charge in [-0.3, -0.25) is 4.79 Å². The molecule has 1 saturated carbocycles. The standard InChI is InChI=1S/C14H14BrF3O/c15-10-6-7-11(12(8-10)14(16,17)18)13(19)9-4-2-1-3-5-9/h6-9H,1-5H2. The van der Waals surface area contributed by atoms with Crippen LogP contribution in [0.5, 0.6) is 0 Å². The highest BCUT2D eigenvalue weighted by Crippen LogP contribution is 2.36. The Labute approximate surface area is 118 Å². The summed E-state index contributed by atoms with van der Waals surface area (Å²) in [5, 5.41) is 0. The zero-order valence-electron chi connectivity index (χ0n) is 10.3. The Morgan fingerprint density at radius 2 is 1.79 bits per heavy atom. The monoisotopic (exact) mass is 334 g/mol. The van der Waals surface area contributed by atoms with Crippen molar-refractivity contribution in [1.29, 1.82) is 0 Å². The average molecular weight is 335 g/mol. The van der Waals surface area contributed by atoms with Gasteiger partial charge in [-0.25, -0.2) is 0 Å². The highest BCUT2D eigenvalue weighted by molar-refractivity contribution is 9.10. The number of alkyl halides is 3. The van der Waals surface area contributed by atoms with Gasteiger partial charge in [0.2, 0.25) is 0 Å². The maximum absolute atomic E-state index is 13.0. The molecule has 1 aliphatic rings. The Kier molecular flexibility index (Phi) is 4.33. The third kappa shape index (κ3) is 3.38. The quantitative estimate of drug-likeness (QED) is 0.676. The van der Waals surface area contributed by atoms with Gasteiger partial charge in [-0.1, -0.05) is 35.2 Å². The summed E-state index contributed by atoms with van der Waals surface area (Å²) in [6.07, 6.45) is -0.180. The summed E-state index contributed by atoms with van der Waals surface area (Å²) in [5.74, 6) is -0.615. The van der Waals surface area contributed by atoms with Crippen molar-refractivity contribution < 1.29 is 18.0 Å². The first-order valence-corrected chi connectivity index (χ1v) is 7.10. The Balaban J connectivity index is 2.35. The summed E-state index contributed by atoms with van der Waals surface area (Å²) in [6, 6.07) is 3.76. The molecule has 1 aromatic rings. The molecular formula is C14H14BrF3O. The van der Waals surface area contributed by atoms with Crippen molar-refractivity contribution in [3.8, 4) is 0 Å². The number of rotatable bonds is 2. The van der Waals surface area contributed by atoms with Crippen molar-refractivity contribution in [3.63, 3.8) is 0 Å². The van der Waals surface area contributed by atoms with Crippen LogP contribution >= 0.6 is 15.9 Å². The molecule has 1 aliphatic carbocycles. The molecule has 1 fully saturated rings. The van der Waals surface area contributed by atoms with E-state index in [4.69, 9.17) is 0 Å². The third-order valence-electron chi connectivity index (χ3n) is 3.53. The van der Waals surface area contributed by atoms with Gasteiger partial charge in [-0.2, -0.15) is 13.2 Å². The normalized spacial score (nSPS) is 17.5. The Bertz CT molecular complexity index is 476. The summed E-state index contributed by atoms with van der Waals surface area (Å²) >= 11 is 3.02. The lowest BCUT2D eigenvalue weighted by Gasteiger charge is -2.22. The molecule has 1 nitrogen and oxygen atoms in total. The molecule has 0 saturated heterocycles. The van der Waals surface area contributed by atoms with Crippen molar-refractivity contribution in [2.24, 2.45) is 5.92 Å². The molecule has 0 spiro atoms. The largest absolute Gasteiger partial charge is 0.417 e. The van der Waals surface area contributed by atoms with Gasteiger partial charge in [-0.15, -0.1) is 0 Å². The lowest BCUT2D eigenvalue weighted by Crippen LogP contribution is -2.21. The molecule has 1 aromatic carbocycles. The van der Waals surface area contributed by atoms with Crippen molar-refractivity contribution in [3.05, 3.63) is 33.8 Å². The van der Waals surface area contributed by atoms with E-state index in [0.717, 1.165) is 25.3 Å². The minimum atomic E-state index is -4.50. The minimum Gasteiger partial charge on any atom is -0.294 e. The topological polar surface area (TPSA) is 17.1 Å². The molecule has 0 aromatic heterocycles. The van der Waals surface area contributed by atoms with E-state index in [1.807, 2.05) is 0 Å². The Hall–Kier alpha value is -0.840. The second-order valence-electron chi connectivity index (χ2n) is 4.89. The predicted octanol–water partition coefficient (Wildman–Crippen LogP) is 5.23. The van der Waals surface area contributed by atoms with Gasteiger partial charge in [0.25, 0.3) is 0 Å². The first-order valence-electron chi connectivity index (χ1n) is 6.30. The van der Waals surface area contributed by atoms with Crippen molar-refractivity contribution in [1.82, 2.24) is 0 Å². The SMILES string of the molecule is O=C(c1ccc(Br)cc1C(F)(F)F)C1CCCCC1. The van der Waals surface area contributed by atoms with E-state index in [0.29, 0.717) is 17.3 Å². The number of carbonyl (C=O) groups excluding carboxylic acids is 1. The van der Waals surface area contributed by atoms with Crippen LogP contribution in [0.1, 0.15) is 48.0 Å². The van der Waals surface area contributed by atoms with E-state index < -0.39 is 11.7 Å². The van der Waals surface area contributed by atoms with Gasteiger partial charge in [0, 0.05) is 16.0 Å². The summed E-state index contributed by atoms with van der Waals surface area (Å²) in [6.45, 7) is 0. The Morgan fingerprint density at radius 1 is 1.16 bits per heavy atom. The minimum absolute atomic E-state index is 0.192. The fourth-order valence-corrected chi connectivity index (χ4v) is 2.91. The molecule has 0 bridgehead atoms. The first kappa shape index (κ1) is 14.6. The van der Waals surface area contributed by atoms with E-state index in [1.165, 1.54) is 12.1 Å². The van der Waals surface area contributed by atoms with Gasteiger partial charge in [-0.05, 0) is 31.0 Å². The molecule has 0 unspecified atom stereocenters. The van der Waals surface area contributed by atoms with Crippen LogP contribution in [-0.2, 0) is 6.18 Å². The Morgan fingerprint density at radius 3 is 2.37 bits per heavy atom. The number of carbonyl (C=O) groups is 1. The fourth-order valence-electron chi connectivity index (χ4n) is 2.55. The molecular weight excluding hydrogens is 321 g/mol. The van der Waals surface area contributed by atoms with Crippen LogP contribution < -0.4 is 0 Å². The van der Waals surface area contributed by atoms with Gasteiger partial charge >= 0.3 is 6.18 Å². The van der Waals surface area contributed by atoms with Gasteiger partial charge in [0.15, 0.2) is 5.78 Å². The summed E-state index contributed by atoms with van der Waals surface area (Å²) in [7, 11) is 0. The van der Waals surface area contributed by atoms with Crippen molar-refractivity contribution in [2.75, 3.05) is 0 Å². The van der Waals surface area contributed by atoms with Crippen LogP contribution in [0.4, 0.5) is 13.2 Å². The molecule has 0 heterocycles. The third-order valence-corrected chi connectivity index (χ3v) is 4.02. The van der Waals surface area contributed by atoms with Crippen LogP contribution in [0, 0.1) is 5.92 Å². The van der Waals surface area contributed by atoms with Crippen molar-refractivity contribution in [2.45, 2.75) is 38.3 Å². The van der Waals surface area contributed by atoms with Gasteiger partial charge < -0.3 is 0 Å². The maximum atomic E-state index is 13.0. The van der Waals surface area contributed by atoms with Crippen LogP contribution in [-0.4, -0.2) is 5.78 Å². The lowest BCUT2D eigenvalue weighted by atomic mass is 9.83. The highest BCUT2D eigenvalue weighted by Gasteiger charge is 2.36. The molecule has 0 radical (unpaired) electrons. The molecule has 104 valence electrons. The second-order valence-corrected chi connectivity index (χ2v) is 5.80. The molecule has 2 rings (SSSR count). The smallest absolute Gasteiger partial charge is 0.294 e. The number of hydrogen-bond donors (Lipinski definition) is 0. The number of benzene rings is 1. The molecule has 0 atom stereocenters. The van der Waals surface area contributed by atoms with Gasteiger partial charge in [0.1, 0.15) is 0 Å². The molecule has 0 N–H and O–H groups in total. The maximum Gasteiger partial charge on any atom is 0.417 e. The summed E-state index contributed by atoms with van der Waals surface area (Å²) in [4.78, 5) is 12.3. The van der Waals surface area contributed by atoms with E-state index >= 15 is 0 Å². The van der Waals surface area contributed by atoms with Crippen LogP contribution in [0.2, 0.25) is 0 Å². The molecule has 0 amide bonds. The van der Waals surface area contributed by atoms with E-state index in [1.54, 1.807) is 0 Å². The number of Topliss-reactive ketones (excluding diaryl/α,β-unsaturated/α-hetero) is 1. The lowest BCUT2D eigenvalue weighted by molar-refractivity contribution is -0.138. The highest BCUT2D eigenvalue weighted by atomic mass is 79.9. The fraction of sp³-hybridized carbons (Fsp3) is 0.500. The zero-order valence-corrected chi connectivity index (χ0v) is 11.9. The zero-order chi connectivity index (χ0) is 14.0.